The molecular weight excluding hydrogens is 777 g/mol. The molecule has 1 N–H and O–H groups in total. The van der Waals surface area contributed by atoms with E-state index in [1.807, 2.05) is 68.7 Å². The lowest BCUT2D eigenvalue weighted by Crippen LogP contribution is -2.49. The Bertz CT molecular complexity index is 1610. The number of thiazole rings is 1. The van der Waals surface area contributed by atoms with Crippen LogP contribution in [0.5, 0.6) is 5.75 Å². The molecular formula is C40H52IN3O6S. The molecule has 1 aromatic heterocycles. The van der Waals surface area contributed by atoms with Gasteiger partial charge in [-0.2, -0.15) is 0 Å². The van der Waals surface area contributed by atoms with Crippen molar-refractivity contribution in [2.24, 2.45) is 17.8 Å². The summed E-state index contributed by atoms with van der Waals surface area (Å²) in [6.45, 7) is 9.27. The van der Waals surface area contributed by atoms with E-state index < -0.39 is 17.9 Å². The molecule has 0 bridgehead atoms. The van der Waals surface area contributed by atoms with Gasteiger partial charge in [0.15, 0.2) is 5.78 Å². The van der Waals surface area contributed by atoms with Crippen LogP contribution in [0.25, 0.3) is 10.4 Å². The number of hydrogen-bond donors (Lipinski definition) is 1. The summed E-state index contributed by atoms with van der Waals surface area (Å²) in [5.74, 6) is -0.500. The molecule has 51 heavy (non-hydrogen) atoms. The number of unbranched alkanes of at least 4 members (excludes halogenated alkanes) is 3. The number of halogens is 1. The van der Waals surface area contributed by atoms with E-state index in [1.165, 1.54) is 23.7 Å². The van der Waals surface area contributed by atoms with Gasteiger partial charge in [0.2, 0.25) is 5.91 Å². The average Bonchev–Trinajstić information content (AvgIpc) is 3.87. The molecule has 3 aromatic rings. The molecule has 9 nitrogen and oxygen atoms in total. The van der Waals surface area contributed by atoms with Crippen LogP contribution in [-0.2, 0) is 32.2 Å². The fraction of sp³-hybridized carbons (Fsp3) is 0.550. The van der Waals surface area contributed by atoms with Crippen LogP contribution in [0.3, 0.4) is 0 Å². The number of rotatable bonds is 21. The first-order valence-electron chi connectivity index (χ1n) is 18.4. The molecule has 0 spiro atoms. The lowest BCUT2D eigenvalue weighted by Gasteiger charge is -2.33. The Kier molecular flexibility index (Phi) is 15.3. The largest absolute Gasteiger partial charge is 0.491 e. The standard InChI is InChI=1S/C40H52IN3O6S/c1-27(2)36(44-25-31-11-6-7-12-32(31)40(44)47)37(45)33-13-10-14-34(33)39(46)42-24-30-16-15-29(38-28(3)43-26-51-38)23-35(30)50-22-21-49-20-19-48-18-9-5-4-8-17-41/h6-7,11-12,15-16,23,26-27,33-34,36H,4-5,8-10,13-14,17-22,24-25H2,1-3H3,(H,42,46)/t33?,34-,36+/m1/s1. The Morgan fingerprint density at radius 2 is 1.73 bits per heavy atom. The van der Waals surface area contributed by atoms with Gasteiger partial charge in [0, 0.05) is 42.7 Å². The van der Waals surface area contributed by atoms with E-state index in [-0.39, 0.29) is 30.1 Å². The number of ether oxygens (including phenoxy) is 3. The van der Waals surface area contributed by atoms with Crippen LogP contribution < -0.4 is 10.1 Å². The number of nitrogens with one attached hydrogen (secondary N) is 1. The maximum absolute atomic E-state index is 14.2. The number of carbonyl (C=O) groups excluding carboxylic acids is 3. The summed E-state index contributed by atoms with van der Waals surface area (Å²) in [5.41, 5.74) is 6.25. The molecule has 1 saturated carbocycles. The zero-order valence-corrected chi connectivity index (χ0v) is 33.1. The molecule has 1 unspecified atom stereocenters. The highest BCUT2D eigenvalue weighted by Gasteiger charge is 2.45. The molecule has 3 atom stereocenters. The maximum Gasteiger partial charge on any atom is 0.255 e. The second kappa shape index (κ2) is 19.8. The summed E-state index contributed by atoms with van der Waals surface area (Å²) in [5, 5.41) is 3.13. The minimum Gasteiger partial charge on any atom is -0.491 e. The van der Waals surface area contributed by atoms with Gasteiger partial charge in [0.25, 0.3) is 5.91 Å². The Hall–Kier alpha value is -2.87. The number of alkyl halides is 1. The second-order valence-electron chi connectivity index (χ2n) is 13.8. The van der Waals surface area contributed by atoms with Crippen molar-refractivity contribution in [2.75, 3.05) is 37.5 Å². The Morgan fingerprint density at radius 1 is 0.980 bits per heavy atom. The summed E-state index contributed by atoms with van der Waals surface area (Å²) >= 11 is 4.00. The Balaban J connectivity index is 1.17. The lowest BCUT2D eigenvalue weighted by molar-refractivity contribution is -0.136. The third-order valence-corrected chi connectivity index (χ3v) is 11.6. The van der Waals surface area contributed by atoms with Crippen molar-refractivity contribution in [1.29, 1.82) is 0 Å². The number of fused-ring (bicyclic) bond motifs is 1. The molecule has 2 heterocycles. The Morgan fingerprint density at radius 3 is 2.47 bits per heavy atom. The topological polar surface area (TPSA) is 107 Å². The maximum atomic E-state index is 14.2. The predicted molar refractivity (Wildman–Crippen MR) is 209 cm³/mol. The van der Waals surface area contributed by atoms with E-state index in [0.29, 0.717) is 57.1 Å². The van der Waals surface area contributed by atoms with E-state index in [9.17, 15) is 14.4 Å². The van der Waals surface area contributed by atoms with Crippen molar-refractivity contribution in [3.63, 3.8) is 0 Å². The molecule has 1 aliphatic heterocycles. The fourth-order valence-corrected chi connectivity index (χ4v) is 8.57. The number of aromatic nitrogens is 1. The minimum absolute atomic E-state index is 0.00536. The van der Waals surface area contributed by atoms with E-state index in [1.54, 1.807) is 16.2 Å². The molecule has 2 aliphatic rings. The van der Waals surface area contributed by atoms with Gasteiger partial charge in [-0.15, -0.1) is 11.3 Å². The van der Waals surface area contributed by atoms with Gasteiger partial charge in [0.05, 0.1) is 41.9 Å². The molecule has 11 heteroatoms. The van der Waals surface area contributed by atoms with Crippen LogP contribution in [0.1, 0.15) is 86.0 Å². The van der Waals surface area contributed by atoms with Gasteiger partial charge < -0.3 is 24.4 Å². The molecule has 0 radical (unpaired) electrons. The normalized spacial score (nSPS) is 17.6. The number of ketones is 1. The first kappa shape index (κ1) is 39.3. The van der Waals surface area contributed by atoms with Gasteiger partial charge in [0.1, 0.15) is 12.4 Å². The smallest absolute Gasteiger partial charge is 0.255 e. The SMILES string of the molecule is Cc1ncsc1-c1ccc(CNC(=O)[C@@H]2CCCC2C(=O)[C@H](C(C)C)N2Cc3ccccc3C2=O)c(OCCOCCOCCCCCCI)c1. The summed E-state index contributed by atoms with van der Waals surface area (Å²) in [7, 11) is 0. The summed E-state index contributed by atoms with van der Waals surface area (Å²) < 4.78 is 18.9. The number of aryl methyl sites for hydroxylation is 1. The van der Waals surface area contributed by atoms with E-state index in [2.05, 4.69) is 32.9 Å². The van der Waals surface area contributed by atoms with Crippen molar-refractivity contribution in [1.82, 2.24) is 15.2 Å². The number of nitrogens with zero attached hydrogens (tertiary/aromatic N) is 2. The monoisotopic (exact) mass is 829 g/mol. The number of benzene rings is 2. The zero-order chi connectivity index (χ0) is 36.2. The average molecular weight is 830 g/mol. The first-order valence-corrected chi connectivity index (χ1v) is 20.8. The molecule has 276 valence electrons. The van der Waals surface area contributed by atoms with Crippen LogP contribution in [0.4, 0.5) is 0 Å². The van der Waals surface area contributed by atoms with Gasteiger partial charge >= 0.3 is 0 Å². The quantitative estimate of drug-likeness (QED) is 0.0664. The van der Waals surface area contributed by atoms with E-state index in [0.717, 1.165) is 46.7 Å². The highest BCUT2D eigenvalue weighted by atomic mass is 127. The second-order valence-corrected chi connectivity index (χ2v) is 15.7. The molecule has 1 aliphatic carbocycles. The zero-order valence-electron chi connectivity index (χ0n) is 30.2. The van der Waals surface area contributed by atoms with E-state index in [4.69, 9.17) is 14.2 Å². The predicted octanol–water partition coefficient (Wildman–Crippen LogP) is 7.81. The molecule has 5 rings (SSSR count). The molecule has 2 aromatic carbocycles. The van der Waals surface area contributed by atoms with Crippen molar-refractivity contribution < 1.29 is 28.6 Å². The number of Topliss-reactive ketones (excluding diaryl/α,β-unsaturated/α-hetero) is 1. The molecule has 2 amide bonds. The summed E-state index contributed by atoms with van der Waals surface area (Å²) in [4.78, 5) is 48.5. The van der Waals surface area contributed by atoms with Crippen molar-refractivity contribution in [3.05, 3.63) is 70.4 Å². The highest BCUT2D eigenvalue weighted by molar-refractivity contribution is 14.1. The third-order valence-electron chi connectivity index (χ3n) is 9.88. The van der Waals surface area contributed by atoms with Crippen LogP contribution in [0, 0.1) is 24.7 Å². The summed E-state index contributed by atoms with van der Waals surface area (Å²) in [6.07, 6.45) is 6.91. The Labute approximate surface area is 320 Å². The summed E-state index contributed by atoms with van der Waals surface area (Å²) in [6, 6.07) is 13.0. The lowest BCUT2D eigenvalue weighted by atomic mass is 9.83. The van der Waals surface area contributed by atoms with Gasteiger partial charge in [-0.1, -0.05) is 86.0 Å². The van der Waals surface area contributed by atoms with Gasteiger partial charge in [-0.05, 0) is 66.2 Å². The molecule has 1 fully saturated rings. The van der Waals surface area contributed by atoms with Crippen molar-refractivity contribution in [2.45, 2.75) is 84.8 Å². The number of hydrogen-bond acceptors (Lipinski definition) is 8. The van der Waals surface area contributed by atoms with Gasteiger partial charge in [-0.3, -0.25) is 14.4 Å². The van der Waals surface area contributed by atoms with Crippen molar-refractivity contribution >= 4 is 51.5 Å². The first-order chi connectivity index (χ1) is 24.8. The van der Waals surface area contributed by atoms with Crippen LogP contribution in [0.2, 0.25) is 0 Å². The van der Waals surface area contributed by atoms with E-state index >= 15 is 0 Å². The van der Waals surface area contributed by atoms with Crippen LogP contribution in [0.15, 0.2) is 48.0 Å². The van der Waals surface area contributed by atoms with Gasteiger partial charge in [-0.25, -0.2) is 4.98 Å². The van der Waals surface area contributed by atoms with Crippen LogP contribution in [-0.4, -0.2) is 71.0 Å². The number of amides is 2. The van der Waals surface area contributed by atoms with Crippen LogP contribution >= 0.6 is 33.9 Å². The molecule has 0 saturated heterocycles. The van der Waals surface area contributed by atoms with Crippen molar-refractivity contribution in [3.8, 4) is 16.2 Å². The fourth-order valence-electron chi connectivity index (χ4n) is 7.23. The highest BCUT2D eigenvalue weighted by Crippen LogP contribution is 2.38. The minimum atomic E-state index is -0.574. The number of carbonyl (C=O) groups is 3. The third kappa shape index (κ3) is 10.4.